The van der Waals surface area contributed by atoms with Gasteiger partial charge in [-0.15, -0.1) is 0 Å². The first-order chi connectivity index (χ1) is 5.29. The monoisotopic (exact) mass is 169 g/mol. The molecule has 0 bridgehead atoms. The van der Waals surface area contributed by atoms with Crippen LogP contribution in [0.1, 0.15) is 0 Å². The number of nitrogens with zero attached hydrogens (tertiary/aromatic N) is 1. The second-order valence-corrected chi connectivity index (χ2v) is 5.64. The highest BCUT2D eigenvalue weighted by Crippen LogP contribution is 2.03. The maximum atomic E-state index is 5.36. The molecular weight excluding hydrogens is 156 g/mol. The summed E-state index contributed by atoms with van der Waals surface area (Å²) < 4.78 is 5.36. The SMILES string of the molecule is C[Si](C)CCOc1ccn[nH]1. The number of nitrogens with one attached hydrogen (secondary N) is 1. The average molecular weight is 169 g/mol. The minimum absolute atomic E-state index is 0.147. The van der Waals surface area contributed by atoms with Gasteiger partial charge in [-0.2, -0.15) is 5.10 Å². The predicted octanol–water partition coefficient (Wildman–Crippen LogP) is 1.54. The zero-order valence-electron chi connectivity index (χ0n) is 6.92. The van der Waals surface area contributed by atoms with Crippen LogP contribution < -0.4 is 4.74 Å². The Morgan fingerprint density at radius 1 is 1.64 bits per heavy atom. The first-order valence-electron chi connectivity index (χ1n) is 3.70. The predicted molar refractivity (Wildman–Crippen MR) is 46.4 cm³/mol. The normalized spacial score (nSPS) is 10.5. The van der Waals surface area contributed by atoms with E-state index in [-0.39, 0.29) is 8.80 Å². The number of H-pyrrole nitrogens is 1. The Balaban J connectivity index is 2.14. The number of aromatic nitrogens is 2. The van der Waals surface area contributed by atoms with Crippen LogP contribution in [-0.2, 0) is 0 Å². The molecule has 0 aliphatic heterocycles. The molecule has 0 aromatic carbocycles. The Morgan fingerprint density at radius 2 is 2.45 bits per heavy atom. The van der Waals surface area contributed by atoms with Crippen molar-refractivity contribution in [2.24, 2.45) is 0 Å². The molecule has 1 aromatic rings. The van der Waals surface area contributed by atoms with Crippen LogP contribution in [0, 0.1) is 0 Å². The number of hydrogen-bond acceptors (Lipinski definition) is 2. The van der Waals surface area contributed by atoms with Crippen molar-refractivity contribution in [3.63, 3.8) is 0 Å². The van der Waals surface area contributed by atoms with E-state index in [1.165, 1.54) is 6.04 Å². The molecule has 0 spiro atoms. The second kappa shape index (κ2) is 4.18. The van der Waals surface area contributed by atoms with Gasteiger partial charge in [0.15, 0.2) is 0 Å². The van der Waals surface area contributed by atoms with Crippen molar-refractivity contribution < 1.29 is 4.74 Å². The molecule has 0 saturated heterocycles. The highest BCUT2D eigenvalue weighted by Gasteiger charge is 1.97. The Bertz CT molecular complexity index is 186. The molecule has 1 rings (SSSR count). The van der Waals surface area contributed by atoms with Gasteiger partial charge in [-0.1, -0.05) is 13.1 Å². The van der Waals surface area contributed by atoms with E-state index in [2.05, 4.69) is 23.3 Å². The highest BCUT2D eigenvalue weighted by atomic mass is 28.3. The zero-order valence-corrected chi connectivity index (χ0v) is 7.92. The number of rotatable bonds is 4. The van der Waals surface area contributed by atoms with Gasteiger partial charge in [0, 0.05) is 14.9 Å². The molecule has 0 saturated carbocycles. The Kier molecular flexibility index (Phi) is 3.16. The Labute approximate surface area is 68.4 Å². The third-order valence-corrected chi connectivity index (χ3v) is 2.54. The van der Waals surface area contributed by atoms with Gasteiger partial charge in [-0.25, -0.2) is 5.10 Å². The average Bonchev–Trinajstić information content (AvgIpc) is 2.39. The molecular formula is C7H13N2OSi. The van der Waals surface area contributed by atoms with Crippen LogP contribution in [0.4, 0.5) is 0 Å². The third-order valence-electron chi connectivity index (χ3n) is 1.33. The quantitative estimate of drug-likeness (QED) is 0.694. The van der Waals surface area contributed by atoms with E-state index in [9.17, 15) is 0 Å². The van der Waals surface area contributed by atoms with Crippen molar-refractivity contribution in [2.75, 3.05) is 6.61 Å². The first kappa shape index (κ1) is 8.32. The summed E-state index contributed by atoms with van der Waals surface area (Å²) in [6.07, 6.45) is 1.69. The maximum Gasteiger partial charge on any atom is 0.208 e. The van der Waals surface area contributed by atoms with Crippen LogP contribution >= 0.6 is 0 Å². The van der Waals surface area contributed by atoms with Crippen LogP contribution in [0.25, 0.3) is 0 Å². The molecule has 1 radical (unpaired) electrons. The molecule has 11 heavy (non-hydrogen) atoms. The Hall–Kier alpha value is -0.773. The fourth-order valence-electron chi connectivity index (χ4n) is 0.689. The van der Waals surface area contributed by atoms with Crippen LogP contribution in [0.15, 0.2) is 12.3 Å². The summed E-state index contributed by atoms with van der Waals surface area (Å²) in [7, 11) is -0.147. The van der Waals surface area contributed by atoms with E-state index in [1.807, 2.05) is 6.07 Å². The summed E-state index contributed by atoms with van der Waals surface area (Å²) in [5.74, 6) is 0.772. The van der Waals surface area contributed by atoms with Crippen LogP contribution in [-0.4, -0.2) is 25.6 Å². The van der Waals surface area contributed by atoms with Gasteiger partial charge in [-0.05, 0) is 6.04 Å². The van der Waals surface area contributed by atoms with Crippen molar-refractivity contribution in [1.82, 2.24) is 10.2 Å². The van der Waals surface area contributed by atoms with Crippen molar-refractivity contribution >= 4 is 8.80 Å². The number of ether oxygens (including phenoxy) is 1. The fraction of sp³-hybridized carbons (Fsp3) is 0.571. The summed E-state index contributed by atoms with van der Waals surface area (Å²) in [4.78, 5) is 0. The van der Waals surface area contributed by atoms with Gasteiger partial charge in [-0.3, -0.25) is 0 Å². The lowest BCUT2D eigenvalue weighted by molar-refractivity contribution is 0.325. The van der Waals surface area contributed by atoms with Crippen LogP contribution in [0.3, 0.4) is 0 Å². The third kappa shape index (κ3) is 3.22. The molecule has 0 fully saturated rings. The topological polar surface area (TPSA) is 37.9 Å². The Morgan fingerprint density at radius 3 is 3.00 bits per heavy atom. The van der Waals surface area contributed by atoms with E-state index in [1.54, 1.807) is 6.20 Å². The van der Waals surface area contributed by atoms with Crippen LogP contribution in [0.5, 0.6) is 5.88 Å². The summed E-state index contributed by atoms with van der Waals surface area (Å²) in [5.41, 5.74) is 0. The molecule has 0 unspecified atom stereocenters. The smallest absolute Gasteiger partial charge is 0.208 e. The molecule has 1 heterocycles. The standard InChI is InChI=1S/C7H13N2OSi/c1-11(2)6-5-10-7-3-4-8-9-7/h3-4H,5-6H2,1-2H3,(H,8,9). The lowest BCUT2D eigenvalue weighted by atomic mass is 10.7. The molecule has 61 valence electrons. The fourth-order valence-corrected chi connectivity index (χ4v) is 1.20. The lowest BCUT2D eigenvalue weighted by Gasteiger charge is -2.03. The zero-order chi connectivity index (χ0) is 8.10. The minimum atomic E-state index is -0.147. The molecule has 4 heteroatoms. The molecule has 0 amide bonds. The van der Waals surface area contributed by atoms with E-state index in [0.29, 0.717) is 0 Å². The van der Waals surface area contributed by atoms with Crippen molar-refractivity contribution in [2.45, 2.75) is 19.1 Å². The van der Waals surface area contributed by atoms with Crippen molar-refractivity contribution in [3.05, 3.63) is 12.3 Å². The number of aromatic amines is 1. The van der Waals surface area contributed by atoms with Gasteiger partial charge in [0.2, 0.25) is 5.88 Å². The van der Waals surface area contributed by atoms with Gasteiger partial charge in [0.05, 0.1) is 12.8 Å². The second-order valence-electron chi connectivity index (χ2n) is 2.73. The minimum Gasteiger partial charge on any atom is -0.478 e. The van der Waals surface area contributed by atoms with Gasteiger partial charge >= 0.3 is 0 Å². The first-order valence-corrected chi connectivity index (χ1v) is 6.41. The number of hydrogen-bond donors (Lipinski definition) is 1. The van der Waals surface area contributed by atoms with Gasteiger partial charge < -0.3 is 4.74 Å². The molecule has 0 aliphatic carbocycles. The molecule has 3 nitrogen and oxygen atoms in total. The van der Waals surface area contributed by atoms with E-state index >= 15 is 0 Å². The largest absolute Gasteiger partial charge is 0.478 e. The highest BCUT2D eigenvalue weighted by molar-refractivity contribution is 6.55. The van der Waals surface area contributed by atoms with E-state index in [0.717, 1.165) is 12.5 Å². The van der Waals surface area contributed by atoms with Gasteiger partial charge in [0.1, 0.15) is 0 Å². The lowest BCUT2D eigenvalue weighted by Crippen LogP contribution is -2.07. The summed E-state index contributed by atoms with van der Waals surface area (Å²) in [5, 5.41) is 6.53. The van der Waals surface area contributed by atoms with E-state index in [4.69, 9.17) is 4.74 Å². The molecule has 0 atom stereocenters. The maximum absolute atomic E-state index is 5.36. The van der Waals surface area contributed by atoms with Crippen LogP contribution in [0.2, 0.25) is 19.1 Å². The molecule has 1 N–H and O–H groups in total. The van der Waals surface area contributed by atoms with E-state index < -0.39 is 0 Å². The van der Waals surface area contributed by atoms with Gasteiger partial charge in [0.25, 0.3) is 0 Å². The van der Waals surface area contributed by atoms with Crippen molar-refractivity contribution in [1.29, 1.82) is 0 Å². The molecule has 1 aromatic heterocycles. The van der Waals surface area contributed by atoms with Crippen molar-refractivity contribution in [3.8, 4) is 5.88 Å². The summed E-state index contributed by atoms with van der Waals surface area (Å²) >= 11 is 0. The summed E-state index contributed by atoms with van der Waals surface area (Å²) in [6.45, 7) is 5.37. The molecule has 0 aliphatic rings. The summed E-state index contributed by atoms with van der Waals surface area (Å²) in [6, 6.07) is 3.02.